The Morgan fingerprint density at radius 1 is 1.20 bits per heavy atom. The minimum Gasteiger partial charge on any atom is -0.379 e. The third kappa shape index (κ3) is 2.21. The summed E-state index contributed by atoms with van der Waals surface area (Å²) in [4.78, 5) is 0. The van der Waals surface area contributed by atoms with Gasteiger partial charge in [0.15, 0.2) is 0 Å². The van der Waals surface area contributed by atoms with Crippen LogP contribution in [0.5, 0.6) is 0 Å². The maximum absolute atomic E-state index is 9.14. The zero-order valence-corrected chi connectivity index (χ0v) is 11.1. The number of anilines is 1. The van der Waals surface area contributed by atoms with Crippen LogP contribution < -0.4 is 5.32 Å². The summed E-state index contributed by atoms with van der Waals surface area (Å²) in [5, 5.41) is 18.4. The van der Waals surface area contributed by atoms with Gasteiger partial charge in [-0.1, -0.05) is 29.4 Å². The van der Waals surface area contributed by atoms with Crippen molar-refractivity contribution in [1.29, 1.82) is 5.26 Å². The lowest BCUT2D eigenvalue weighted by Crippen LogP contribution is -2.00. The number of hydrogen-bond acceptors (Lipinski definition) is 4. The third-order valence-electron chi connectivity index (χ3n) is 3.18. The van der Waals surface area contributed by atoms with Crippen LogP contribution in [0.4, 0.5) is 5.69 Å². The normalized spacial score (nSPS) is 10.4. The number of nitrogens with zero attached hydrogens (tertiary/aromatic N) is 2. The molecule has 1 aromatic heterocycles. The zero-order valence-electron chi connectivity index (χ0n) is 11.1. The van der Waals surface area contributed by atoms with Crippen LogP contribution in [0, 0.1) is 18.3 Å². The fourth-order valence-electron chi connectivity index (χ4n) is 2.24. The van der Waals surface area contributed by atoms with Gasteiger partial charge in [0.1, 0.15) is 11.5 Å². The summed E-state index contributed by atoms with van der Waals surface area (Å²) in [6.07, 6.45) is 0. The van der Waals surface area contributed by atoms with E-state index >= 15 is 0 Å². The molecular formula is C16H13N3O. The van der Waals surface area contributed by atoms with E-state index in [0.717, 1.165) is 27.9 Å². The second kappa shape index (κ2) is 5.06. The minimum absolute atomic E-state index is 0.591. The average molecular weight is 263 g/mol. The molecule has 3 rings (SSSR count). The molecule has 0 radical (unpaired) electrons. The predicted molar refractivity (Wildman–Crippen MR) is 77.2 cm³/mol. The van der Waals surface area contributed by atoms with Crippen LogP contribution in [-0.2, 0) is 6.54 Å². The van der Waals surface area contributed by atoms with Crippen LogP contribution in [0.15, 0.2) is 47.0 Å². The van der Waals surface area contributed by atoms with E-state index in [1.54, 1.807) is 0 Å². The van der Waals surface area contributed by atoms with Crippen molar-refractivity contribution in [3.63, 3.8) is 0 Å². The molecule has 0 atom stereocenters. The SMILES string of the molecule is Cc1cc(CNc2ccc(C#N)c3ccccc23)no1. The maximum Gasteiger partial charge on any atom is 0.133 e. The fourth-order valence-corrected chi connectivity index (χ4v) is 2.24. The molecule has 0 aliphatic heterocycles. The summed E-state index contributed by atoms with van der Waals surface area (Å²) >= 11 is 0. The highest BCUT2D eigenvalue weighted by Gasteiger charge is 2.06. The highest BCUT2D eigenvalue weighted by atomic mass is 16.5. The monoisotopic (exact) mass is 263 g/mol. The average Bonchev–Trinajstić information content (AvgIpc) is 2.90. The quantitative estimate of drug-likeness (QED) is 0.784. The fraction of sp³-hybridized carbons (Fsp3) is 0.125. The smallest absolute Gasteiger partial charge is 0.133 e. The van der Waals surface area contributed by atoms with E-state index in [1.165, 1.54) is 0 Å². The summed E-state index contributed by atoms with van der Waals surface area (Å²) < 4.78 is 5.04. The van der Waals surface area contributed by atoms with Gasteiger partial charge in [-0.3, -0.25) is 0 Å². The second-order valence-corrected chi connectivity index (χ2v) is 4.60. The Morgan fingerprint density at radius 3 is 2.70 bits per heavy atom. The van der Waals surface area contributed by atoms with Crippen molar-refractivity contribution in [2.45, 2.75) is 13.5 Å². The molecule has 1 N–H and O–H groups in total. The molecule has 98 valence electrons. The van der Waals surface area contributed by atoms with Crippen LogP contribution in [0.3, 0.4) is 0 Å². The standard InChI is InChI=1S/C16H13N3O/c1-11-8-13(19-20-11)10-18-16-7-6-12(9-17)14-4-2-3-5-15(14)16/h2-8,18H,10H2,1H3. The number of fused-ring (bicyclic) bond motifs is 1. The number of hydrogen-bond donors (Lipinski definition) is 1. The molecule has 3 aromatic rings. The van der Waals surface area contributed by atoms with Crippen molar-refractivity contribution in [3.8, 4) is 6.07 Å². The first-order valence-corrected chi connectivity index (χ1v) is 6.36. The van der Waals surface area contributed by atoms with E-state index in [2.05, 4.69) is 16.5 Å². The lowest BCUT2D eigenvalue weighted by molar-refractivity contribution is 0.391. The van der Waals surface area contributed by atoms with E-state index in [0.29, 0.717) is 12.1 Å². The number of aromatic nitrogens is 1. The Balaban J connectivity index is 1.94. The van der Waals surface area contributed by atoms with Crippen molar-refractivity contribution in [3.05, 3.63) is 59.5 Å². The topological polar surface area (TPSA) is 61.9 Å². The summed E-state index contributed by atoms with van der Waals surface area (Å²) in [7, 11) is 0. The predicted octanol–water partition coefficient (Wildman–Crippen LogP) is 3.62. The zero-order chi connectivity index (χ0) is 13.9. The molecular weight excluding hydrogens is 250 g/mol. The molecule has 0 bridgehead atoms. The number of benzene rings is 2. The van der Waals surface area contributed by atoms with Crippen LogP contribution in [-0.4, -0.2) is 5.16 Å². The molecule has 0 amide bonds. The lowest BCUT2D eigenvalue weighted by Gasteiger charge is -2.09. The van der Waals surface area contributed by atoms with Crippen molar-refractivity contribution in [1.82, 2.24) is 5.16 Å². The van der Waals surface area contributed by atoms with Crippen LogP contribution >= 0.6 is 0 Å². The first-order chi connectivity index (χ1) is 9.78. The van der Waals surface area contributed by atoms with Crippen molar-refractivity contribution in [2.24, 2.45) is 0 Å². The van der Waals surface area contributed by atoms with Gasteiger partial charge in [0.25, 0.3) is 0 Å². The van der Waals surface area contributed by atoms with E-state index in [-0.39, 0.29) is 0 Å². The molecule has 0 fully saturated rings. The summed E-state index contributed by atoms with van der Waals surface area (Å²) in [6.45, 7) is 2.46. The van der Waals surface area contributed by atoms with Gasteiger partial charge in [0.05, 0.1) is 18.2 Å². The molecule has 20 heavy (non-hydrogen) atoms. The van der Waals surface area contributed by atoms with Gasteiger partial charge in [0.2, 0.25) is 0 Å². The summed E-state index contributed by atoms with van der Waals surface area (Å²) in [6, 6.07) is 15.7. The van der Waals surface area contributed by atoms with Gasteiger partial charge in [-0.15, -0.1) is 0 Å². The number of aryl methyl sites for hydroxylation is 1. The minimum atomic E-state index is 0.591. The Hall–Kier alpha value is -2.80. The maximum atomic E-state index is 9.14. The van der Waals surface area contributed by atoms with Crippen LogP contribution in [0.1, 0.15) is 17.0 Å². The van der Waals surface area contributed by atoms with Crippen molar-refractivity contribution in [2.75, 3.05) is 5.32 Å². The van der Waals surface area contributed by atoms with Gasteiger partial charge < -0.3 is 9.84 Å². The van der Waals surface area contributed by atoms with E-state index < -0.39 is 0 Å². The number of nitriles is 1. The third-order valence-corrected chi connectivity index (χ3v) is 3.18. The highest BCUT2D eigenvalue weighted by Crippen LogP contribution is 2.26. The molecule has 4 heteroatoms. The van der Waals surface area contributed by atoms with Crippen LogP contribution in [0.2, 0.25) is 0 Å². The molecule has 2 aromatic carbocycles. The number of nitrogens with one attached hydrogen (secondary N) is 1. The van der Waals surface area contributed by atoms with Gasteiger partial charge in [-0.05, 0) is 19.1 Å². The van der Waals surface area contributed by atoms with E-state index in [9.17, 15) is 0 Å². The highest BCUT2D eigenvalue weighted by molar-refractivity contribution is 5.97. The van der Waals surface area contributed by atoms with Crippen LogP contribution in [0.25, 0.3) is 10.8 Å². The Bertz CT molecular complexity index is 799. The first kappa shape index (κ1) is 12.2. The first-order valence-electron chi connectivity index (χ1n) is 6.36. The molecule has 1 heterocycles. The van der Waals surface area contributed by atoms with Crippen molar-refractivity contribution >= 4 is 16.5 Å². The largest absolute Gasteiger partial charge is 0.379 e. The van der Waals surface area contributed by atoms with Gasteiger partial charge >= 0.3 is 0 Å². The summed E-state index contributed by atoms with van der Waals surface area (Å²) in [5.41, 5.74) is 2.53. The molecule has 0 spiro atoms. The Morgan fingerprint density at radius 2 is 2.00 bits per heavy atom. The van der Waals surface area contributed by atoms with Crippen molar-refractivity contribution < 1.29 is 4.52 Å². The Labute approximate surface area is 116 Å². The number of rotatable bonds is 3. The second-order valence-electron chi connectivity index (χ2n) is 4.60. The van der Waals surface area contributed by atoms with Gasteiger partial charge in [-0.25, -0.2) is 0 Å². The molecule has 0 saturated heterocycles. The van der Waals surface area contributed by atoms with E-state index in [1.807, 2.05) is 49.4 Å². The van der Waals surface area contributed by atoms with Gasteiger partial charge in [0, 0.05) is 22.5 Å². The summed E-state index contributed by atoms with van der Waals surface area (Å²) in [5.74, 6) is 0.798. The Kier molecular flexibility index (Phi) is 3.10. The lowest BCUT2D eigenvalue weighted by atomic mass is 10.0. The molecule has 0 aliphatic rings. The molecule has 0 aliphatic carbocycles. The molecule has 0 saturated carbocycles. The van der Waals surface area contributed by atoms with Gasteiger partial charge in [-0.2, -0.15) is 5.26 Å². The molecule has 0 unspecified atom stereocenters. The molecule has 4 nitrogen and oxygen atoms in total. The van der Waals surface area contributed by atoms with E-state index in [4.69, 9.17) is 9.78 Å².